The van der Waals surface area contributed by atoms with Crippen LogP contribution in [0.15, 0.2) is 35.6 Å². The summed E-state index contributed by atoms with van der Waals surface area (Å²) in [6, 6.07) is 0. The molecule has 2 aliphatic carbocycles. The lowest BCUT2D eigenvalue weighted by Gasteiger charge is -2.56. The molecular weight excluding hydrogens is 274 g/mol. The van der Waals surface area contributed by atoms with Gasteiger partial charge in [0.1, 0.15) is 10.6 Å². The molecule has 0 aromatic carbocycles. The molecule has 1 spiro atoms. The van der Waals surface area contributed by atoms with Crippen LogP contribution >= 0.6 is 0 Å². The molecule has 0 amide bonds. The second-order valence-electron chi connectivity index (χ2n) is 6.07. The molecule has 110 valence electrons. The van der Waals surface area contributed by atoms with Gasteiger partial charge in [0, 0.05) is 17.5 Å². The highest BCUT2D eigenvalue weighted by atomic mass is 32.2. The van der Waals surface area contributed by atoms with Gasteiger partial charge in [0.25, 0.3) is 0 Å². The molecule has 0 bridgehead atoms. The summed E-state index contributed by atoms with van der Waals surface area (Å²) in [6.45, 7) is 2.72. The average Bonchev–Trinajstić information content (AvgIpc) is 2.24. The SMILES string of the molecule is COC=C1C=CC=C(C)C1S(=O)(=O)C1NCC12CCC2. The van der Waals surface area contributed by atoms with Crippen LogP contribution in [0.3, 0.4) is 0 Å². The number of allylic oxidation sites excluding steroid dienone is 3. The van der Waals surface area contributed by atoms with Gasteiger partial charge in [-0.1, -0.05) is 30.2 Å². The van der Waals surface area contributed by atoms with Crippen molar-refractivity contribution in [2.45, 2.75) is 36.8 Å². The highest BCUT2D eigenvalue weighted by Gasteiger charge is 2.58. The fraction of sp³-hybridized carbons (Fsp3) is 0.600. The highest BCUT2D eigenvalue weighted by Crippen LogP contribution is 2.51. The Labute approximate surface area is 120 Å². The van der Waals surface area contributed by atoms with Gasteiger partial charge >= 0.3 is 0 Å². The molecule has 2 atom stereocenters. The Morgan fingerprint density at radius 2 is 2.20 bits per heavy atom. The molecule has 3 rings (SSSR count). The van der Waals surface area contributed by atoms with Gasteiger partial charge in [-0.2, -0.15) is 0 Å². The number of ether oxygens (including phenoxy) is 1. The van der Waals surface area contributed by atoms with Crippen molar-refractivity contribution in [2.75, 3.05) is 13.7 Å². The summed E-state index contributed by atoms with van der Waals surface area (Å²) in [4.78, 5) is 0. The first-order valence-electron chi connectivity index (χ1n) is 7.05. The van der Waals surface area contributed by atoms with Gasteiger partial charge in [0.15, 0.2) is 9.84 Å². The molecular formula is C15H21NO3S. The molecule has 0 aromatic heterocycles. The van der Waals surface area contributed by atoms with Crippen molar-refractivity contribution in [1.82, 2.24) is 5.32 Å². The van der Waals surface area contributed by atoms with Gasteiger partial charge in [0.05, 0.1) is 13.4 Å². The molecule has 0 radical (unpaired) electrons. The topological polar surface area (TPSA) is 55.4 Å². The van der Waals surface area contributed by atoms with E-state index in [1.54, 1.807) is 13.4 Å². The van der Waals surface area contributed by atoms with E-state index in [0.717, 1.165) is 37.0 Å². The fourth-order valence-electron chi connectivity index (χ4n) is 3.58. The monoisotopic (exact) mass is 295 g/mol. The van der Waals surface area contributed by atoms with E-state index in [-0.39, 0.29) is 5.41 Å². The van der Waals surface area contributed by atoms with Crippen LogP contribution in [0.1, 0.15) is 26.2 Å². The van der Waals surface area contributed by atoms with Crippen LogP contribution in [0.2, 0.25) is 0 Å². The van der Waals surface area contributed by atoms with Crippen molar-refractivity contribution >= 4 is 9.84 Å². The normalized spacial score (nSPS) is 33.5. The van der Waals surface area contributed by atoms with Gasteiger partial charge in [-0.25, -0.2) is 8.42 Å². The number of nitrogens with one attached hydrogen (secondary N) is 1. The minimum atomic E-state index is -3.29. The van der Waals surface area contributed by atoms with E-state index < -0.39 is 20.5 Å². The summed E-state index contributed by atoms with van der Waals surface area (Å²) in [5.41, 5.74) is 1.58. The van der Waals surface area contributed by atoms with Gasteiger partial charge < -0.3 is 4.74 Å². The molecule has 1 N–H and O–H groups in total. The largest absolute Gasteiger partial charge is 0.504 e. The standard InChI is InChI=1S/C15H21NO3S/c1-11-5-3-6-12(9-19-2)13(11)20(17,18)14-15(10-16-14)7-4-8-15/h3,5-6,9,13-14,16H,4,7-8,10H2,1-2H3. The van der Waals surface area contributed by atoms with Crippen molar-refractivity contribution < 1.29 is 13.2 Å². The first-order chi connectivity index (χ1) is 9.51. The van der Waals surface area contributed by atoms with E-state index in [2.05, 4.69) is 5.32 Å². The number of rotatable bonds is 3. The zero-order valence-corrected chi connectivity index (χ0v) is 12.7. The molecule has 0 aromatic rings. The third-order valence-corrected chi connectivity index (χ3v) is 7.44. The molecule has 2 unspecified atom stereocenters. The molecule has 3 aliphatic rings. The van der Waals surface area contributed by atoms with Crippen molar-refractivity contribution in [1.29, 1.82) is 0 Å². The lowest BCUT2D eigenvalue weighted by molar-refractivity contribution is 0.0360. The van der Waals surface area contributed by atoms with E-state index in [1.165, 1.54) is 0 Å². The maximum atomic E-state index is 13.0. The second kappa shape index (κ2) is 4.74. The number of hydrogen-bond acceptors (Lipinski definition) is 4. The third kappa shape index (κ3) is 1.87. The summed E-state index contributed by atoms with van der Waals surface area (Å²) in [6.07, 6.45) is 10.3. The van der Waals surface area contributed by atoms with Gasteiger partial charge in [-0.05, 0) is 19.8 Å². The molecule has 5 heteroatoms. The predicted molar refractivity (Wildman–Crippen MR) is 78.8 cm³/mol. The van der Waals surface area contributed by atoms with E-state index in [9.17, 15) is 8.42 Å². The smallest absolute Gasteiger partial charge is 0.177 e. The number of sulfone groups is 1. The zero-order chi connectivity index (χ0) is 14.4. The summed E-state index contributed by atoms with van der Waals surface area (Å²) in [7, 11) is -1.74. The van der Waals surface area contributed by atoms with E-state index >= 15 is 0 Å². The average molecular weight is 295 g/mol. The van der Waals surface area contributed by atoms with Crippen LogP contribution in [0.5, 0.6) is 0 Å². The molecule has 1 heterocycles. The fourth-order valence-corrected chi connectivity index (χ4v) is 6.29. The Hall–Kier alpha value is -1.07. The van der Waals surface area contributed by atoms with Crippen molar-refractivity contribution in [2.24, 2.45) is 5.41 Å². The molecule has 4 nitrogen and oxygen atoms in total. The maximum Gasteiger partial charge on any atom is 0.177 e. The first-order valence-corrected chi connectivity index (χ1v) is 8.66. The lowest BCUT2D eigenvalue weighted by Crippen LogP contribution is -2.69. The summed E-state index contributed by atoms with van der Waals surface area (Å²) in [5, 5.41) is 2.17. The summed E-state index contributed by atoms with van der Waals surface area (Å²) < 4.78 is 31.1. The molecule has 1 saturated carbocycles. The van der Waals surface area contributed by atoms with E-state index in [1.807, 2.05) is 25.2 Å². The number of hydrogen-bond donors (Lipinski definition) is 1. The van der Waals surface area contributed by atoms with Crippen LogP contribution in [-0.2, 0) is 14.6 Å². The van der Waals surface area contributed by atoms with Crippen molar-refractivity contribution in [3.63, 3.8) is 0 Å². The minimum Gasteiger partial charge on any atom is -0.504 e. The third-order valence-electron chi connectivity index (χ3n) is 4.82. The zero-order valence-electron chi connectivity index (χ0n) is 11.9. The summed E-state index contributed by atoms with van der Waals surface area (Å²) >= 11 is 0. The van der Waals surface area contributed by atoms with E-state index in [4.69, 9.17) is 4.74 Å². The highest BCUT2D eigenvalue weighted by molar-refractivity contribution is 7.93. The van der Waals surface area contributed by atoms with Crippen molar-refractivity contribution in [3.05, 3.63) is 35.6 Å². The van der Waals surface area contributed by atoms with Gasteiger partial charge in [-0.15, -0.1) is 0 Å². The molecule has 1 saturated heterocycles. The van der Waals surface area contributed by atoms with E-state index in [0.29, 0.717) is 0 Å². The Balaban J connectivity index is 1.95. The van der Waals surface area contributed by atoms with Crippen molar-refractivity contribution in [3.8, 4) is 0 Å². The Kier molecular flexibility index (Phi) is 3.29. The van der Waals surface area contributed by atoms with Crippen LogP contribution in [0.25, 0.3) is 0 Å². The minimum absolute atomic E-state index is 0.00153. The second-order valence-corrected chi connectivity index (χ2v) is 8.19. The number of methoxy groups -OCH3 is 1. The quantitative estimate of drug-likeness (QED) is 0.808. The molecule has 2 fully saturated rings. The van der Waals surface area contributed by atoms with Crippen LogP contribution in [0, 0.1) is 5.41 Å². The van der Waals surface area contributed by atoms with Gasteiger partial charge in [-0.3, -0.25) is 5.32 Å². The lowest BCUT2D eigenvalue weighted by atomic mass is 9.64. The van der Waals surface area contributed by atoms with Gasteiger partial charge in [0.2, 0.25) is 0 Å². The molecule has 20 heavy (non-hydrogen) atoms. The first kappa shape index (κ1) is 13.9. The van der Waals surface area contributed by atoms with Crippen LogP contribution in [-0.4, -0.2) is 32.7 Å². The van der Waals surface area contributed by atoms with Crippen LogP contribution in [0.4, 0.5) is 0 Å². The molecule has 1 aliphatic heterocycles. The maximum absolute atomic E-state index is 13.0. The Morgan fingerprint density at radius 1 is 1.45 bits per heavy atom. The van der Waals surface area contributed by atoms with Crippen LogP contribution < -0.4 is 5.32 Å². The Morgan fingerprint density at radius 3 is 2.70 bits per heavy atom. The summed E-state index contributed by atoms with van der Waals surface area (Å²) in [5.74, 6) is 0. The predicted octanol–water partition coefficient (Wildman–Crippen LogP) is 1.92. The Bertz CT molecular complexity index is 591.